The molecule has 0 aliphatic heterocycles. The third-order valence-electron chi connectivity index (χ3n) is 2.43. The number of pyridine rings is 1. The van der Waals surface area contributed by atoms with Crippen molar-refractivity contribution in [3.8, 4) is 0 Å². The molecule has 0 spiro atoms. The first-order valence-electron chi connectivity index (χ1n) is 5.44. The second-order valence-corrected chi connectivity index (χ2v) is 5.11. The molecule has 0 unspecified atom stereocenters. The second-order valence-electron chi connectivity index (χ2n) is 3.78. The van der Waals surface area contributed by atoms with Gasteiger partial charge in [0.2, 0.25) is 0 Å². The van der Waals surface area contributed by atoms with E-state index in [0.29, 0.717) is 4.47 Å². The van der Waals surface area contributed by atoms with Crippen LogP contribution < -0.4 is 5.32 Å². The number of hydrogen-bond acceptors (Lipinski definition) is 3. The molecule has 1 heterocycles. The molecular weight excluding hydrogens is 348 g/mol. The topological polar surface area (TPSA) is 79.3 Å². The standard InChI is InChI=1S/C13H8BrClN2O3/c14-7-3-4-9(15)8(6-7)12(18)17-10-2-1-5-16-11(10)13(19)20/h1-6H,(H,17,18)(H,19,20). The molecule has 5 nitrogen and oxygen atoms in total. The van der Waals surface area contributed by atoms with Gasteiger partial charge in [0, 0.05) is 10.7 Å². The minimum atomic E-state index is -1.22. The van der Waals surface area contributed by atoms with Gasteiger partial charge in [-0.3, -0.25) is 4.79 Å². The summed E-state index contributed by atoms with van der Waals surface area (Å²) in [5, 5.41) is 11.8. The van der Waals surface area contributed by atoms with Gasteiger partial charge >= 0.3 is 5.97 Å². The number of halogens is 2. The number of nitrogens with zero attached hydrogens (tertiary/aromatic N) is 1. The van der Waals surface area contributed by atoms with Crippen molar-refractivity contribution in [3.05, 3.63) is 57.3 Å². The number of benzene rings is 1. The van der Waals surface area contributed by atoms with Gasteiger partial charge in [0.05, 0.1) is 16.3 Å². The largest absolute Gasteiger partial charge is 0.476 e. The molecule has 2 aromatic rings. The molecule has 1 amide bonds. The Labute approximate surface area is 127 Å². The Hall–Kier alpha value is -1.92. The van der Waals surface area contributed by atoms with E-state index in [4.69, 9.17) is 16.7 Å². The Balaban J connectivity index is 2.33. The van der Waals surface area contributed by atoms with Gasteiger partial charge in [-0.25, -0.2) is 9.78 Å². The van der Waals surface area contributed by atoms with Crippen molar-refractivity contribution < 1.29 is 14.7 Å². The van der Waals surface area contributed by atoms with E-state index in [1.165, 1.54) is 18.3 Å². The third-order valence-corrected chi connectivity index (χ3v) is 3.25. The molecule has 0 saturated carbocycles. The molecule has 2 N–H and O–H groups in total. The average Bonchev–Trinajstić information content (AvgIpc) is 2.41. The van der Waals surface area contributed by atoms with Gasteiger partial charge in [0.25, 0.3) is 5.91 Å². The highest BCUT2D eigenvalue weighted by Gasteiger charge is 2.16. The summed E-state index contributed by atoms with van der Waals surface area (Å²) in [6, 6.07) is 7.81. The van der Waals surface area contributed by atoms with E-state index >= 15 is 0 Å². The monoisotopic (exact) mass is 354 g/mol. The fraction of sp³-hybridized carbons (Fsp3) is 0. The Morgan fingerprint density at radius 1 is 1.30 bits per heavy atom. The highest BCUT2D eigenvalue weighted by atomic mass is 79.9. The quantitative estimate of drug-likeness (QED) is 0.884. The minimum Gasteiger partial charge on any atom is -0.476 e. The van der Waals surface area contributed by atoms with Gasteiger partial charge in [-0.2, -0.15) is 0 Å². The summed E-state index contributed by atoms with van der Waals surface area (Å²) in [6.45, 7) is 0. The molecule has 0 saturated heterocycles. The number of carbonyl (C=O) groups excluding carboxylic acids is 1. The normalized spacial score (nSPS) is 10.1. The van der Waals surface area contributed by atoms with Gasteiger partial charge in [-0.05, 0) is 30.3 Å². The van der Waals surface area contributed by atoms with E-state index in [2.05, 4.69) is 26.2 Å². The van der Waals surface area contributed by atoms with Crippen LogP contribution in [0.2, 0.25) is 5.02 Å². The average molecular weight is 356 g/mol. The van der Waals surface area contributed by atoms with E-state index in [-0.39, 0.29) is 22.0 Å². The SMILES string of the molecule is O=C(Nc1cccnc1C(=O)O)c1cc(Br)ccc1Cl. The van der Waals surface area contributed by atoms with Gasteiger partial charge in [0.1, 0.15) is 0 Å². The van der Waals surface area contributed by atoms with Crippen LogP contribution in [0.3, 0.4) is 0 Å². The Kier molecular flexibility index (Phi) is 4.36. The summed E-state index contributed by atoms with van der Waals surface area (Å²) in [4.78, 5) is 26.8. The predicted molar refractivity (Wildman–Crippen MR) is 78.3 cm³/mol. The molecule has 7 heteroatoms. The maximum atomic E-state index is 12.1. The maximum Gasteiger partial charge on any atom is 0.356 e. The molecule has 0 radical (unpaired) electrons. The summed E-state index contributed by atoms with van der Waals surface area (Å²) in [7, 11) is 0. The first-order chi connectivity index (χ1) is 9.49. The minimum absolute atomic E-state index is 0.112. The highest BCUT2D eigenvalue weighted by Crippen LogP contribution is 2.22. The lowest BCUT2D eigenvalue weighted by atomic mass is 10.2. The number of rotatable bonds is 3. The number of anilines is 1. The number of hydrogen-bond donors (Lipinski definition) is 2. The van der Waals surface area contributed by atoms with Crippen molar-refractivity contribution in [2.45, 2.75) is 0 Å². The van der Waals surface area contributed by atoms with Crippen LogP contribution in [-0.4, -0.2) is 22.0 Å². The zero-order valence-electron chi connectivity index (χ0n) is 9.93. The summed E-state index contributed by atoms with van der Waals surface area (Å²) < 4.78 is 0.691. The van der Waals surface area contributed by atoms with Crippen LogP contribution in [0.1, 0.15) is 20.8 Å². The molecule has 1 aromatic heterocycles. The molecular formula is C13H8BrClN2O3. The number of carboxylic acid groups (broad SMARTS) is 1. The van der Waals surface area contributed by atoms with Crippen LogP contribution in [0.5, 0.6) is 0 Å². The van der Waals surface area contributed by atoms with Crippen molar-refractivity contribution >= 4 is 45.1 Å². The van der Waals surface area contributed by atoms with Crippen LogP contribution >= 0.6 is 27.5 Å². The van der Waals surface area contributed by atoms with E-state index in [1.54, 1.807) is 18.2 Å². The number of nitrogens with one attached hydrogen (secondary N) is 1. The summed E-state index contributed by atoms with van der Waals surface area (Å²) in [6.07, 6.45) is 1.34. The number of carboxylic acids is 1. The summed E-state index contributed by atoms with van der Waals surface area (Å²) in [5.74, 6) is -1.73. The smallest absolute Gasteiger partial charge is 0.356 e. The van der Waals surface area contributed by atoms with Crippen molar-refractivity contribution in [3.63, 3.8) is 0 Å². The van der Waals surface area contributed by atoms with E-state index in [1.807, 2.05) is 0 Å². The number of amides is 1. The predicted octanol–water partition coefficient (Wildman–Crippen LogP) is 3.45. The fourth-order valence-corrected chi connectivity index (χ4v) is 2.10. The number of carbonyl (C=O) groups is 2. The number of aromatic carboxylic acids is 1. The molecule has 0 fully saturated rings. The molecule has 102 valence electrons. The molecule has 0 atom stereocenters. The van der Waals surface area contributed by atoms with Gasteiger partial charge in [0.15, 0.2) is 5.69 Å². The third kappa shape index (κ3) is 3.15. The van der Waals surface area contributed by atoms with Gasteiger partial charge in [-0.15, -0.1) is 0 Å². The van der Waals surface area contributed by atoms with Crippen molar-refractivity contribution in [1.29, 1.82) is 0 Å². The van der Waals surface area contributed by atoms with E-state index in [0.717, 1.165) is 0 Å². The lowest BCUT2D eigenvalue weighted by Crippen LogP contribution is -2.16. The Morgan fingerprint density at radius 3 is 2.75 bits per heavy atom. The van der Waals surface area contributed by atoms with Crippen LogP contribution in [0.25, 0.3) is 0 Å². The maximum absolute atomic E-state index is 12.1. The lowest BCUT2D eigenvalue weighted by Gasteiger charge is -2.09. The highest BCUT2D eigenvalue weighted by molar-refractivity contribution is 9.10. The van der Waals surface area contributed by atoms with Crippen molar-refractivity contribution in [2.24, 2.45) is 0 Å². The van der Waals surface area contributed by atoms with Gasteiger partial charge in [-0.1, -0.05) is 27.5 Å². The lowest BCUT2D eigenvalue weighted by molar-refractivity contribution is 0.0692. The molecule has 0 bridgehead atoms. The van der Waals surface area contributed by atoms with Crippen LogP contribution in [0.15, 0.2) is 41.0 Å². The first-order valence-corrected chi connectivity index (χ1v) is 6.61. The van der Waals surface area contributed by atoms with Crippen LogP contribution in [-0.2, 0) is 0 Å². The molecule has 2 rings (SSSR count). The molecule has 0 aliphatic rings. The Bertz CT molecular complexity index is 691. The van der Waals surface area contributed by atoms with Crippen molar-refractivity contribution in [1.82, 2.24) is 4.98 Å². The molecule has 0 aliphatic carbocycles. The van der Waals surface area contributed by atoms with E-state index in [9.17, 15) is 9.59 Å². The summed E-state index contributed by atoms with van der Waals surface area (Å²) >= 11 is 9.19. The Morgan fingerprint density at radius 2 is 2.05 bits per heavy atom. The van der Waals surface area contributed by atoms with Crippen LogP contribution in [0, 0.1) is 0 Å². The zero-order valence-corrected chi connectivity index (χ0v) is 12.3. The molecule has 20 heavy (non-hydrogen) atoms. The molecule has 1 aromatic carbocycles. The first kappa shape index (κ1) is 14.5. The zero-order chi connectivity index (χ0) is 14.7. The van der Waals surface area contributed by atoms with Crippen LogP contribution in [0.4, 0.5) is 5.69 Å². The fourth-order valence-electron chi connectivity index (χ4n) is 1.54. The summed E-state index contributed by atoms with van der Waals surface area (Å²) in [5.41, 5.74) is 0.120. The second kappa shape index (κ2) is 6.02. The number of aromatic nitrogens is 1. The van der Waals surface area contributed by atoms with Gasteiger partial charge < -0.3 is 10.4 Å². The van der Waals surface area contributed by atoms with E-state index < -0.39 is 11.9 Å². The van der Waals surface area contributed by atoms with Crippen molar-refractivity contribution in [2.75, 3.05) is 5.32 Å².